The first kappa shape index (κ1) is 33.9. The molecule has 3 aromatic rings. The van der Waals surface area contributed by atoms with Crippen LogP contribution < -0.4 is 4.74 Å². The predicted molar refractivity (Wildman–Crippen MR) is 182 cm³/mol. The highest BCUT2D eigenvalue weighted by atomic mass is 16.5. The summed E-state index contributed by atoms with van der Waals surface area (Å²) in [7, 11) is 0. The summed E-state index contributed by atoms with van der Waals surface area (Å²) in [5, 5.41) is 0. The number of unbranched alkanes of at least 4 members (excludes halogenated alkanes) is 14. The van der Waals surface area contributed by atoms with E-state index in [2.05, 4.69) is 93.6 Å². The predicted octanol–water partition coefficient (Wildman–Crippen LogP) is 12.8. The molecule has 3 aromatic carbocycles. The molecule has 0 N–H and O–H groups in total. The van der Waals surface area contributed by atoms with Crippen molar-refractivity contribution in [2.24, 2.45) is 0 Å². The third kappa shape index (κ3) is 12.7. The van der Waals surface area contributed by atoms with Crippen LogP contribution in [0.2, 0.25) is 0 Å². The molecule has 1 unspecified atom stereocenters. The van der Waals surface area contributed by atoms with Gasteiger partial charge in [-0.2, -0.15) is 0 Å². The summed E-state index contributed by atoms with van der Waals surface area (Å²) in [5.41, 5.74) is 6.19. The summed E-state index contributed by atoms with van der Waals surface area (Å²) in [4.78, 5) is 0. The Morgan fingerprint density at radius 2 is 0.905 bits per heavy atom. The van der Waals surface area contributed by atoms with Gasteiger partial charge in [-0.15, -0.1) is 0 Å². The Kier molecular flexibility index (Phi) is 17.1. The zero-order valence-corrected chi connectivity index (χ0v) is 27.0. The Labute approximate surface area is 258 Å². The van der Waals surface area contributed by atoms with E-state index in [0.717, 1.165) is 31.8 Å². The molecule has 230 valence electrons. The van der Waals surface area contributed by atoms with E-state index in [-0.39, 0.29) is 6.10 Å². The van der Waals surface area contributed by atoms with Crippen LogP contribution in [0.5, 0.6) is 5.75 Å². The van der Waals surface area contributed by atoms with Crippen LogP contribution in [0.15, 0.2) is 72.8 Å². The molecular weight excluding hydrogens is 512 g/mol. The molecule has 42 heavy (non-hydrogen) atoms. The van der Waals surface area contributed by atoms with Crippen LogP contribution in [0.25, 0.3) is 22.3 Å². The zero-order chi connectivity index (χ0) is 29.7. The quantitative estimate of drug-likeness (QED) is 0.106. The van der Waals surface area contributed by atoms with Gasteiger partial charge in [0.25, 0.3) is 0 Å². The van der Waals surface area contributed by atoms with Crippen molar-refractivity contribution in [1.82, 2.24) is 0 Å². The van der Waals surface area contributed by atoms with Crippen LogP contribution in [-0.2, 0) is 4.74 Å². The standard InChI is InChI=1S/C40H58O2/c1-4-6-8-10-11-12-13-14-15-17-21-33-42-38-30-28-37(29-31-38)40-23-19-18-22-39(40)36-26-24-35(25-27-36)34(3)41-32-20-16-9-7-5-2/h18-19,22-31,34H,4-17,20-21,32-33H2,1-3H3. The minimum Gasteiger partial charge on any atom is -0.494 e. The summed E-state index contributed by atoms with van der Waals surface area (Å²) in [5.74, 6) is 0.965. The minimum atomic E-state index is 0.123. The molecule has 2 heteroatoms. The normalized spacial score (nSPS) is 12.0. The maximum Gasteiger partial charge on any atom is 0.119 e. The Balaban J connectivity index is 1.41. The van der Waals surface area contributed by atoms with Crippen molar-refractivity contribution in [3.63, 3.8) is 0 Å². The highest BCUT2D eigenvalue weighted by Gasteiger charge is 2.10. The lowest BCUT2D eigenvalue weighted by molar-refractivity contribution is 0.0627. The van der Waals surface area contributed by atoms with Gasteiger partial charge >= 0.3 is 0 Å². The molecule has 0 aliphatic rings. The van der Waals surface area contributed by atoms with Gasteiger partial charge in [0.15, 0.2) is 0 Å². The molecule has 2 nitrogen and oxygen atoms in total. The maximum atomic E-state index is 6.12. The van der Waals surface area contributed by atoms with E-state index in [1.165, 1.54) is 118 Å². The van der Waals surface area contributed by atoms with E-state index < -0.39 is 0 Å². The molecule has 0 amide bonds. The first-order valence-electron chi connectivity index (χ1n) is 17.3. The van der Waals surface area contributed by atoms with Gasteiger partial charge in [-0.05, 0) is 59.7 Å². The van der Waals surface area contributed by atoms with E-state index >= 15 is 0 Å². The molecule has 3 rings (SSSR count). The number of ether oxygens (including phenoxy) is 2. The fourth-order valence-corrected chi connectivity index (χ4v) is 5.67. The molecular formula is C40H58O2. The Morgan fingerprint density at radius 3 is 1.40 bits per heavy atom. The van der Waals surface area contributed by atoms with E-state index in [1.807, 2.05) is 0 Å². The topological polar surface area (TPSA) is 18.5 Å². The van der Waals surface area contributed by atoms with Crippen molar-refractivity contribution < 1.29 is 9.47 Å². The molecule has 0 saturated heterocycles. The van der Waals surface area contributed by atoms with Gasteiger partial charge in [-0.1, -0.05) is 164 Å². The van der Waals surface area contributed by atoms with Gasteiger partial charge < -0.3 is 9.47 Å². The lowest BCUT2D eigenvalue weighted by atomic mass is 9.94. The summed E-state index contributed by atoms with van der Waals surface area (Å²) >= 11 is 0. The molecule has 0 aliphatic carbocycles. The number of rotatable bonds is 23. The smallest absolute Gasteiger partial charge is 0.119 e. The van der Waals surface area contributed by atoms with Crippen molar-refractivity contribution >= 4 is 0 Å². The molecule has 0 bridgehead atoms. The van der Waals surface area contributed by atoms with Gasteiger partial charge in [-0.25, -0.2) is 0 Å². The van der Waals surface area contributed by atoms with Crippen LogP contribution in [0, 0.1) is 0 Å². The average Bonchev–Trinajstić information content (AvgIpc) is 3.03. The first-order valence-corrected chi connectivity index (χ1v) is 17.3. The monoisotopic (exact) mass is 570 g/mol. The fraction of sp³-hybridized carbons (Fsp3) is 0.550. The van der Waals surface area contributed by atoms with Crippen molar-refractivity contribution in [1.29, 1.82) is 0 Å². The molecule has 0 fully saturated rings. The van der Waals surface area contributed by atoms with Gasteiger partial charge in [0.1, 0.15) is 5.75 Å². The third-order valence-electron chi connectivity index (χ3n) is 8.42. The van der Waals surface area contributed by atoms with Crippen LogP contribution in [-0.4, -0.2) is 13.2 Å². The zero-order valence-electron chi connectivity index (χ0n) is 27.0. The van der Waals surface area contributed by atoms with E-state index in [0.29, 0.717) is 0 Å². The van der Waals surface area contributed by atoms with Crippen LogP contribution in [0.4, 0.5) is 0 Å². The Hall–Kier alpha value is -2.58. The SMILES string of the molecule is CCCCCCCCCCCCCOc1ccc(-c2ccccc2-c2ccc(C(C)OCCCCCCC)cc2)cc1. The molecule has 0 spiro atoms. The third-order valence-corrected chi connectivity index (χ3v) is 8.42. The summed E-state index contributed by atoms with van der Waals surface area (Å²) < 4.78 is 12.2. The summed E-state index contributed by atoms with van der Waals surface area (Å²) in [6, 6.07) is 26.2. The largest absolute Gasteiger partial charge is 0.494 e. The highest BCUT2D eigenvalue weighted by Crippen LogP contribution is 2.33. The number of hydrogen-bond acceptors (Lipinski definition) is 2. The van der Waals surface area contributed by atoms with E-state index in [4.69, 9.17) is 9.47 Å². The van der Waals surface area contributed by atoms with Gasteiger partial charge in [0.05, 0.1) is 12.7 Å². The van der Waals surface area contributed by atoms with Crippen molar-refractivity contribution in [3.05, 3.63) is 78.4 Å². The Bertz CT molecular complexity index is 1070. The minimum absolute atomic E-state index is 0.123. The Morgan fingerprint density at radius 1 is 0.476 bits per heavy atom. The lowest BCUT2D eigenvalue weighted by Gasteiger charge is -2.15. The number of hydrogen-bond donors (Lipinski definition) is 0. The summed E-state index contributed by atoms with van der Waals surface area (Å²) in [6.07, 6.45) is 21.4. The second-order valence-electron chi connectivity index (χ2n) is 12.0. The molecule has 0 saturated carbocycles. The average molecular weight is 571 g/mol. The number of benzene rings is 3. The second kappa shape index (κ2) is 21.2. The first-order chi connectivity index (χ1) is 20.7. The maximum absolute atomic E-state index is 6.12. The van der Waals surface area contributed by atoms with E-state index in [1.54, 1.807) is 0 Å². The molecule has 1 atom stereocenters. The highest BCUT2D eigenvalue weighted by molar-refractivity contribution is 5.83. The van der Waals surface area contributed by atoms with Gasteiger partial charge in [0, 0.05) is 6.61 Å². The molecule has 0 aliphatic heterocycles. The van der Waals surface area contributed by atoms with Crippen molar-refractivity contribution in [2.45, 2.75) is 130 Å². The van der Waals surface area contributed by atoms with Crippen LogP contribution >= 0.6 is 0 Å². The fourth-order valence-electron chi connectivity index (χ4n) is 5.67. The van der Waals surface area contributed by atoms with Crippen LogP contribution in [0.3, 0.4) is 0 Å². The van der Waals surface area contributed by atoms with Crippen molar-refractivity contribution in [3.8, 4) is 28.0 Å². The second-order valence-corrected chi connectivity index (χ2v) is 12.0. The van der Waals surface area contributed by atoms with Gasteiger partial charge in [0.2, 0.25) is 0 Å². The van der Waals surface area contributed by atoms with Crippen LogP contribution in [0.1, 0.15) is 135 Å². The summed E-state index contributed by atoms with van der Waals surface area (Å²) in [6.45, 7) is 8.35. The molecule has 0 aromatic heterocycles. The lowest BCUT2D eigenvalue weighted by Crippen LogP contribution is -2.01. The van der Waals surface area contributed by atoms with Gasteiger partial charge in [-0.3, -0.25) is 0 Å². The molecule has 0 heterocycles. The molecule has 0 radical (unpaired) electrons. The van der Waals surface area contributed by atoms with E-state index in [9.17, 15) is 0 Å². The van der Waals surface area contributed by atoms with Crippen molar-refractivity contribution in [2.75, 3.05) is 13.2 Å².